The van der Waals surface area contributed by atoms with Crippen LogP contribution in [0, 0.1) is 11.6 Å². The SMILES string of the molecule is O=c1cc(CN(CCc2ccccc2)c2cnccn2)c2ccc(F)c(F)c2[nH]1. The summed E-state index contributed by atoms with van der Waals surface area (Å²) in [5.74, 6) is -1.42. The van der Waals surface area contributed by atoms with Gasteiger partial charge in [-0.05, 0) is 29.7 Å². The lowest BCUT2D eigenvalue weighted by molar-refractivity contribution is 0.515. The zero-order valence-corrected chi connectivity index (χ0v) is 15.5. The zero-order chi connectivity index (χ0) is 20.2. The van der Waals surface area contributed by atoms with Gasteiger partial charge < -0.3 is 9.88 Å². The van der Waals surface area contributed by atoms with Gasteiger partial charge in [0.25, 0.3) is 0 Å². The molecule has 0 radical (unpaired) electrons. The van der Waals surface area contributed by atoms with Crippen LogP contribution in [0.25, 0.3) is 10.9 Å². The highest BCUT2D eigenvalue weighted by Gasteiger charge is 2.15. The van der Waals surface area contributed by atoms with Crippen LogP contribution in [-0.2, 0) is 13.0 Å². The Kier molecular flexibility index (Phi) is 5.29. The number of hydrogen-bond acceptors (Lipinski definition) is 4. The molecular weight excluding hydrogens is 374 g/mol. The van der Waals surface area contributed by atoms with Crippen LogP contribution in [0.15, 0.2) is 71.9 Å². The molecule has 2 aromatic heterocycles. The van der Waals surface area contributed by atoms with Crippen molar-refractivity contribution >= 4 is 16.7 Å². The molecule has 0 aliphatic heterocycles. The third kappa shape index (κ3) is 4.13. The maximum atomic E-state index is 14.2. The Labute approximate surface area is 165 Å². The van der Waals surface area contributed by atoms with Crippen LogP contribution >= 0.6 is 0 Å². The second kappa shape index (κ2) is 8.18. The minimum Gasteiger partial charge on any atom is -0.351 e. The van der Waals surface area contributed by atoms with E-state index in [9.17, 15) is 13.6 Å². The normalized spacial score (nSPS) is 11.0. The van der Waals surface area contributed by atoms with Gasteiger partial charge in [0, 0.05) is 36.9 Å². The fraction of sp³-hybridized carbons (Fsp3) is 0.136. The van der Waals surface area contributed by atoms with Crippen molar-refractivity contribution in [1.82, 2.24) is 15.0 Å². The van der Waals surface area contributed by atoms with Gasteiger partial charge in [-0.15, -0.1) is 0 Å². The third-order valence-corrected chi connectivity index (χ3v) is 4.74. The molecule has 29 heavy (non-hydrogen) atoms. The number of halogens is 2. The Morgan fingerprint density at radius 2 is 1.86 bits per heavy atom. The van der Waals surface area contributed by atoms with E-state index >= 15 is 0 Å². The van der Waals surface area contributed by atoms with Crippen LogP contribution in [0.2, 0.25) is 0 Å². The molecule has 146 valence electrons. The van der Waals surface area contributed by atoms with Crippen molar-refractivity contribution < 1.29 is 8.78 Å². The lowest BCUT2D eigenvalue weighted by Gasteiger charge is -2.24. The van der Waals surface area contributed by atoms with Gasteiger partial charge in [-0.2, -0.15) is 0 Å². The summed E-state index contributed by atoms with van der Waals surface area (Å²) in [6.07, 6.45) is 5.57. The van der Waals surface area contributed by atoms with Gasteiger partial charge in [-0.3, -0.25) is 9.78 Å². The molecule has 0 saturated heterocycles. The Balaban J connectivity index is 1.71. The molecule has 0 spiro atoms. The minimum absolute atomic E-state index is 0.130. The molecule has 0 bridgehead atoms. The summed E-state index contributed by atoms with van der Waals surface area (Å²) in [6, 6.07) is 13.9. The fourth-order valence-corrected chi connectivity index (χ4v) is 3.31. The molecule has 1 N–H and O–H groups in total. The van der Waals surface area contributed by atoms with Crippen LogP contribution in [0.1, 0.15) is 11.1 Å². The fourth-order valence-electron chi connectivity index (χ4n) is 3.31. The molecule has 2 heterocycles. The van der Waals surface area contributed by atoms with Gasteiger partial charge in [0.15, 0.2) is 11.6 Å². The van der Waals surface area contributed by atoms with Crippen molar-refractivity contribution in [3.8, 4) is 0 Å². The van der Waals surface area contributed by atoms with Crippen LogP contribution in [0.5, 0.6) is 0 Å². The van der Waals surface area contributed by atoms with Gasteiger partial charge in [0.1, 0.15) is 5.82 Å². The molecular formula is C22H18F2N4O. The second-order valence-electron chi connectivity index (χ2n) is 6.66. The number of rotatable bonds is 6. The first-order chi connectivity index (χ1) is 14.1. The van der Waals surface area contributed by atoms with Gasteiger partial charge in [0.2, 0.25) is 5.56 Å². The number of pyridine rings is 1. The van der Waals surface area contributed by atoms with E-state index in [2.05, 4.69) is 15.0 Å². The zero-order valence-electron chi connectivity index (χ0n) is 15.5. The Morgan fingerprint density at radius 3 is 2.62 bits per heavy atom. The van der Waals surface area contributed by atoms with E-state index in [-0.39, 0.29) is 5.52 Å². The molecule has 5 nitrogen and oxygen atoms in total. The van der Waals surface area contributed by atoms with E-state index < -0.39 is 17.2 Å². The third-order valence-electron chi connectivity index (χ3n) is 4.74. The van der Waals surface area contributed by atoms with Gasteiger partial charge in [0.05, 0.1) is 11.7 Å². The average Bonchev–Trinajstić information content (AvgIpc) is 2.75. The summed E-state index contributed by atoms with van der Waals surface area (Å²) in [5, 5.41) is 0.456. The standard InChI is InChI=1S/C22H18F2N4O/c23-18-7-6-17-16(12-20(29)27-22(17)21(18)24)14-28(19-13-25-9-10-26-19)11-8-15-4-2-1-3-5-15/h1-7,9-10,12-13H,8,11,14H2,(H,27,29). The molecule has 4 aromatic rings. The molecule has 0 aliphatic rings. The van der Waals surface area contributed by atoms with Crippen molar-refractivity contribution in [1.29, 1.82) is 0 Å². The first kappa shape index (κ1) is 18.7. The number of fused-ring (bicyclic) bond motifs is 1. The van der Waals surface area contributed by atoms with Crippen molar-refractivity contribution in [2.45, 2.75) is 13.0 Å². The molecule has 0 unspecified atom stereocenters. The smallest absolute Gasteiger partial charge is 0.248 e. The summed E-state index contributed by atoms with van der Waals surface area (Å²) in [6.45, 7) is 0.914. The molecule has 7 heteroatoms. The van der Waals surface area contributed by atoms with Crippen molar-refractivity contribution in [3.05, 3.63) is 100 Å². The monoisotopic (exact) mass is 392 g/mol. The summed E-state index contributed by atoms with van der Waals surface area (Å²) in [7, 11) is 0. The van der Waals surface area contributed by atoms with Crippen LogP contribution in [-0.4, -0.2) is 21.5 Å². The topological polar surface area (TPSA) is 61.9 Å². The molecule has 0 amide bonds. The number of benzene rings is 2. The van der Waals surface area contributed by atoms with Crippen molar-refractivity contribution in [2.75, 3.05) is 11.4 Å². The van der Waals surface area contributed by atoms with Crippen LogP contribution < -0.4 is 10.5 Å². The second-order valence-corrected chi connectivity index (χ2v) is 6.66. The van der Waals surface area contributed by atoms with E-state index in [1.54, 1.807) is 18.6 Å². The Morgan fingerprint density at radius 1 is 1.03 bits per heavy atom. The van der Waals surface area contributed by atoms with Gasteiger partial charge in [-0.25, -0.2) is 13.8 Å². The lowest BCUT2D eigenvalue weighted by atomic mass is 10.1. The first-order valence-corrected chi connectivity index (χ1v) is 9.16. The summed E-state index contributed by atoms with van der Waals surface area (Å²) in [5.41, 5.74) is 1.13. The number of aromatic nitrogens is 3. The predicted octanol–water partition coefficient (Wildman–Crippen LogP) is 3.85. The molecule has 2 aromatic carbocycles. The highest BCUT2D eigenvalue weighted by atomic mass is 19.2. The molecule has 0 saturated carbocycles. The minimum atomic E-state index is -1.06. The van der Waals surface area contributed by atoms with E-state index in [1.807, 2.05) is 35.2 Å². The molecule has 4 rings (SSSR count). The Bertz CT molecular complexity index is 1180. The number of anilines is 1. The lowest BCUT2D eigenvalue weighted by Crippen LogP contribution is -2.27. The maximum Gasteiger partial charge on any atom is 0.248 e. The highest BCUT2D eigenvalue weighted by Crippen LogP contribution is 2.23. The van der Waals surface area contributed by atoms with E-state index in [0.717, 1.165) is 18.1 Å². The first-order valence-electron chi connectivity index (χ1n) is 9.16. The molecule has 0 aliphatic carbocycles. The maximum absolute atomic E-state index is 14.2. The predicted molar refractivity (Wildman–Crippen MR) is 108 cm³/mol. The number of hydrogen-bond donors (Lipinski definition) is 1. The number of nitrogens with zero attached hydrogens (tertiary/aromatic N) is 3. The summed E-state index contributed by atoms with van der Waals surface area (Å²) in [4.78, 5) is 24.9. The molecule has 0 atom stereocenters. The number of aromatic amines is 1. The Hall–Kier alpha value is -3.61. The van der Waals surface area contributed by atoms with E-state index in [4.69, 9.17) is 0 Å². The van der Waals surface area contributed by atoms with Crippen molar-refractivity contribution in [2.24, 2.45) is 0 Å². The van der Waals surface area contributed by atoms with E-state index in [0.29, 0.717) is 29.9 Å². The van der Waals surface area contributed by atoms with Crippen molar-refractivity contribution in [3.63, 3.8) is 0 Å². The van der Waals surface area contributed by atoms with Gasteiger partial charge >= 0.3 is 0 Å². The summed E-state index contributed by atoms with van der Waals surface area (Å²) >= 11 is 0. The van der Waals surface area contributed by atoms with Crippen LogP contribution in [0.4, 0.5) is 14.6 Å². The average molecular weight is 392 g/mol. The van der Waals surface area contributed by atoms with Gasteiger partial charge in [-0.1, -0.05) is 30.3 Å². The van der Waals surface area contributed by atoms with E-state index in [1.165, 1.54) is 12.1 Å². The summed E-state index contributed by atoms with van der Waals surface area (Å²) < 4.78 is 27.8. The number of nitrogens with one attached hydrogen (secondary N) is 1. The molecule has 0 fully saturated rings. The largest absolute Gasteiger partial charge is 0.351 e. The number of H-pyrrole nitrogens is 1. The quantitative estimate of drug-likeness (QED) is 0.542. The van der Waals surface area contributed by atoms with Crippen LogP contribution in [0.3, 0.4) is 0 Å². The highest BCUT2D eigenvalue weighted by molar-refractivity contribution is 5.82.